The van der Waals surface area contributed by atoms with Crippen molar-refractivity contribution in [3.8, 4) is 0 Å². The molecule has 1 fully saturated rings. The van der Waals surface area contributed by atoms with E-state index in [2.05, 4.69) is 11.9 Å². The van der Waals surface area contributed by atoms with Gasteiger partial charge < -0.3 is 10.4 Å². The smallest absolute Gasteiger partial charge is 0.335 e. The van der Waals surface area contributed by atoms with Crippen molar-refractivity contribution in [2.45, 2.75) is 25.7 Å². The molecule has 100 valence electrons. The van der Waals surface area contributed by atoms with Gasteiger partial charge >= 0.3 is 5.97 Å². The van der Waals surface area contributed by atoms with Crippen LogP contribution in [0.15, 0.2) is 36.9 Å². The van der Waals surface area contributed by atoms with Gasteiger partial charge in [-0.2, -0.15) is 0 Å². The summed E-state index contributed by atoms with van der Waals surface area (Å²) in [6.45, 7) is 3.70. The highest BCUT2D eigenvalue weighted by Crippen LogP contribution is 2.45. The summed E-state index contributed by atoms with van der Waals surface area (Å²) in [4.78, 5) is 23.0. The number of allylic oxidation sites excluding steroid dienone is 1. The molecule has 0 atom stereocenters. The average Bonchev–Trinajstić information content (AvgIpc) is 2.34. The first kappa shape index (κ1) is 13.3. The SMILES string of the molecule is C=CCC1(C(=O)Nc2ccc(C(=O)O)cc2)CCC1. The highest BCUT2D eigenvalue weighted by molar-refractivity contribution is 5.96. The molecule has 0 radical (unpaired) electrons. The van der Waals surface area contributed by atoms with Gasteiger partial charge in [0.15, 0.2) is 0 Å². The van der Waals surface area contributed by atoms with Gasteiger partial charge in [0, 0.05) is 5.69 Å². The Kier molecular flexibility index (Phi) is 3.69. The second-order valence-corrected chi connectivity index (χ2v) is 4.96. The van der Waals surface area contributed by atoms with E-state index < -0.39 is 5.97 Å². The quantitative estimate of drug-likeness (QED) is 0.798. The fourth-order valence-electron chi connectivity index (χ4n) is 2.36. The summed E-state index contributed by atoms with van der Waals surface area (Å²) in [6.07, 6.45) is 5.31. The number of nitrogens with one attached hydrogen (secondary N) is 1. The maximum Gasteiger partial charge on any atom is 0.335 e. The summed E-state index contributed by atoms with van der Waals surface area (Å²) in [5, 5.41) is 11.7. The molecule has 2 N–H and O–H groups in total. The maximum atomic E-state index is 12.3. The lowest BCUT2D eigenvalue weighted by Gasteiger charge is -2.39. The number of carbonyl (C=O) groups excluding carboxylic acids is 1. The Bertz CT molecular complexity index is 501. The Morgan fingerprint density at radius 1 is 1.32 bits per heavy atom. The van der Waals surface area contributed by atoms with Crippen LogP contribution in [0.25, 0.3) is 0 Å². The van der Waals surface area contributed by atoms with Crippen LogP contribution in [-0.2, 0) is 4.79 Å². The van der Waals surface area contributed by atoms with Crippen LogP contribution < -0.4 is 5.32 Å². The number of anilines is 1. The minimum Gasteiger partial charge on any atom is -0.478 e. The summed E-state index contributed by atoms with van der Waals surface area (Å²) >= 11 is 0. The minimum atomic E-state index is -0.972. The molecule has 4 heteroatoms. The molecule has 1 aliphatic carbocycles. The van der Waals surface area contributed by atoms with Crippen molar-refractivity contribution in [2.75, 3.05) is 5.32 Å². The van der Waals surface area contributed by atoms with Crippen LogP contribution in [0.3, 0.4) is 0 Å². The van der Waals surface area contributed by atoms with E-state index in [1.807, 2.05) is 0 Å². The monoisotopic (exact) mass is 259 g/mol. The van der Waals surface area contributed by atoms with Crippen LogP contribution in [-0.4, -0.2) is 17.0 Å². The Morgan fingerprint density at radius 2 is 1.95 bits per heavy atom. The number of hydrogen-bond acceptors (Lipinski definition) is 2. The Hall–Kier alpha value is -2.10. The van der Waals surface area contributed by atoms with Crippen molar-refractivity contribution >= 4 is 17.6 Å². The van der Waals surface area contributed by atoms with E-state index in [9.17, 15) is 9.59 Å². The van der Waals surface area contributed by atoms with Crippen molar-refractivity contribution in [3.05, 3.63) is 42.5 Å². The van der Waals surface area contributed by atoms with Gasteiger partial charge in [0.1, 0.15) is 0 Å². The van der Waals surface area contributed by atoms with Gasteiger partial charge in [-0.1, -0.05) is 12.5 Å². The fourth-order valence-corrected chi connectivity index (χ4v) is 2.36. The van der Waals surface area contributed by atoms with Crippen LogP contribution in [0.5, 0.6) is 0 Å². The summed E-state index contributed by atoms with van der Waals surface area (Å²) < 4.78 is 0. The number of carboxylic acids is 1. The van der Waals surface area contributed by atoms with Gasteiger partial charge in [-0.3, -0.25) is 4.79 Å². The van der Waals surface area contributed by atoms with Crippen molar-refractivity contribution < 1.29 is 14.7 Å². The molecule has 1 aliphatic rings. The molecule has 0 saturated heterocycles. The molecular weight excluding hydrogens is 242 g/mol. The zero-order valence-electron chi connectivity index (χ0n) is 10.7. The number of aromatic carboxylic acids is 1. The standard InChI is InChI=1S/C15H17NO3/c1-2-8-15(9-3-10-15)14(19)16-12-6-4-11(5-7-12)13(17)18/h2,4-7H,1,3,8-10H2,(H,16,19)(H,17,18). The van der Waals surface area contributed by atoms with Gasteiger partial charge in [-0.25, -0.2) is 4.79 Å². The van der Waals surface area contributed by atoms with Crippen molar-refractivity contribution in [1.29, 1.82) is 0 Å². The third kappa shape index (κ3) is 2.67. The predicted molar refractivity (Wildman–Crippen MR) is 73.1 cm³/mol. The number of rotatable bonds is 5. The third-order valence-corrected chi connectivity index (χ3v) is 3.72. The molecule has 1 aromatic carbocycles. The molecule has 0 aliphatic heterocycles. The van der Waals surface area contributed by atoms with Crippen molar-refractivity contribution in [1.82, 2.24) is 0 Å². The Labute approximate surface area is 112 Å². The fraction of sp³-hybridized carbons (Fsp3) is 0.333. The molecule has 0 bridgehead atoms. The molecule has 4 nitrogen and oxygen atoms in total. The van der Waals surface area contributed by atoms with E-state index in [1.165, 1.54) is 12.1 Å². The van der Waals surface area contributed by atoms with E-state index in [4.69, 9.17) is 5.11 Å². The van der Waals surface area contributed by atoms with E-state index in [0.717, 1.165) is 19.3 Å². The Morgan fingerprint density at radius 3 is 2.37 bits per heavy atom. The van der Waals surface area contributed by atoms with Gasteiger partial charge in [0.25, 0.3) is 0 Å². The van der Waals surface area contributed by atoms with Crippen LogP contribution in [0.1, 0.15) is 36.0 Å². The van der Waals surface area contributed by atoms with Gasteiger partial charge in [0.2, 0.25) is 5.91 Å². The molecule has 0 spiro atoms. The van der Waals surface area contributed by atoms with Gasteiger partial charge in [0.05, 0.1) is 11.0 Å². The van der Waals surface area contributed by atoms with Crippen molar-refractivity contribution in [2.24, 2.45) is 5.41 Å². The van der Waals surface area contributed by atoms with E-state index in [0.29, 0.717) is 12.1 Å². The average molecular weight is 259 g/mol. The van der Waals surface area contributed by atoms with Gasteiger partial charge in [-0.15, -0.1) is 6.58 Å². The summed E-state index contributed by atoms with van der Waals surface area (Å²) in [5.41, 5.74) is 0.528. The number of benzene rings is 1. The molecule has 0 unspecified atom stereocenters. The first-order valence-corrected chi connectivity index (χ1v) is 6.33. The van der Waals surface area contributed by atoms with E-state index in [-0.39, 0.29) is 16.9 Å². The van der Waals surface area contributed by atoms with E-state index in [1.54, 1.807) is 18.2 Å². The molecule has 19 heavy (non-hydrogen) atoms. The highest BCUT2D eigenvalue weighted by atomic mass is 16.4. The number of amides is 1. The molecule has 2 rings (SSSR count). The zero-order valence-corrected chi connectivity index (χ0v) is 10.7. The van der Waals surface area contributed by atoms with Crippen LogP contribution in [0.2, 0.25) is 0 Å². The number of hydrogen-bond donors (Lipinski definition) is 2. The lowest BCUT2D eigenvalue weighted by molar-refractivity contribution is -0.130. The van der Waals surface area contributed by atoms with E-state index >= 15 is 0 Å². The topological polar surface area (TPSA) is 66.4 Å². The number of carboxylic acid groups (broad SMARTS) is 1. The lowest BCUT2D eigenvalue weighted by atomic mass is 9.66. The normalized spacial score (nSPS) is 16.2. The van der Waals surface area contributed by atoms with Crippen LogP contribution >= 0.6 is 0 Å². The molecule has 1 amide bonds. The Balaban J connectivity index is 2.06. The second-order valence-electron chi connectivity index (χ2n) is 4.96. The van der Waals surface area contributed by atoms with Gasteiger partial charge in [-0.05, 0) is 43.5 Å². The summed E-state index contributed by atoms with van der Waals surface area (Å²) in [7, 11) is 0. The highest BCUT2D eigenvalue weighted by Gasteiger charge is 2.42. The molecule has 1 saturated carbocycles. The summed E-state index contributed by atoms with van der Waals surface area (Å²) in [5.74, 6) is -0.971. The number of carbonyl (C=O) groups is 2. The summed E-state index contributed by atoms with van der Waals surface area (Å²) in [6, 6.07) is 6.20. The first-order valence-electron chi connectivity index (χ1n) is 6.33. The maximum absolute atomic E-state index is 12.3. The molecule has 0 heterocycles. The second kappa shape index (κ2) is 5.26. The minimum absolute atomic E-state index is 0.00160. The first-order chi connectivity index (χ1) is 9.07. The molecule has 0 aromatic heterocycles. The molecule has 1 aromatic rings. The predicted octanol–water partition coefficient (Wildman–Crippen LogP) is 3.07. The third-order valence-electron chi connectivity index (χ3n) is 3.72. The van der Waals surface area contributed by atoms with Crippen LogP contribution in [0.4, 0.5) is 5.69 Å². The zero-order chi connectivity index (χ0) is 13.9. The van der Waals surface area contributed by atoms with Crippen molar-refractivity contribution in [3.63, 3.8) is 0 Å². The largest absolute Gasteiger partial charge is 0.478 e. The molecular formula is C15H17NO3. The lowest BCUT2D eigenvalue weighted by Crippen LogP contribution is -2.41. The van der Waals surface area contributed by atoms with Crippen LogP contribution in [0, 0.1) is 5.41 Å².